The van der Waals surface area contributed by atoms with E-state index in [0.717, 1.165) is 0 Å². The summed E-state index contributed by atoms with van der Waals surface area (Å²) >= 11 is 0. The Kier molecular flexibility index (Phi) is 38.4. The summed E-state index contributed by atoms with van der Waals surface area (Å²) in [6, 6.07) is 0. The van der Waals surface area contributed by atoms with Gasteiger partial charge in [-0.1, -0.05) is 0 Å². The molecule has 0 aromatic heterocycles. The van der Waals surface area contributed by atoms with Gasteiger partial charge in [0.1, 0.15) is 0 Å². The number of carboxylic acids is 6. The Balaban J connectivity index is -0.0000000375. The van der Waals surface area contributed by atoms with Crippen molar-refractivity contribution in [1.82, 2.24) is 0 Å². The summed E-state index contributed by atoms with van der Waals surface area (Å²) in [6.07, 6.45) is 0. The van der Waals surface area contributed by atoms with Gasteiger partial charge in [-0.2, -0.15) is 0 Å². The molecule has 21 heavy (non-hydrogen) atoms. The second-order valence-corrected chi connectivity index (χ2v) is 1.83. The van der Waals surface area contributed by atoms with E-state index in [-0.39, 0.29) is 87.2 Å². The minimum Gasteiger partial charge on any atom is -0.473 e. The molecule has 0 aliphatic heterocycles. The van der Waals surface area contributed by atoms with E-state index in [9.17, 15) is 0 Å². The third-order valence-electron chi connectivity index (χ3n) is 0.549. The molecule has 0 saturated carbocycles. The molecule has 0 atom stereocenters. The fourth-order valence-corrected chi connectivity index (χ4v) is 0. The average molecular weight is 577 g/mol. The van der Waals surface area contributed by atoms with Gasteiger partial charge in [0.05, 0.1) is 0 Å². The van der Waals surface area contributed by atoms with Crippen molar-refractivity contribution in [2.45, 2.75) is 0 Å². The van der Waals surface area contributed by atoms with Crippen molar-refractivity contribution in [3.05, 3.63) is 0 Å². The van der Waals surface area contributed by atoms with Crippen LogP contribution in [0.15, 0.2) is 0 Å². The Morgan fingerprint density at radius 3 is 0.429 bits per heavy atom. The zero-order chi connectivity index (χ0) is 15.5. The van der Waals surface area contributed by atoms with Crippen LogP contribution >= 0.6 is 0 Å². The molecular weight excluding hydrogens is 569 g/mol. The number of rotatable bonds is 0. The van der Waals surface area contributed by atoms with E-state index in [1.807, 2.05) is 0 Å². The van der Waals surface area contributed by atoms with E-state index < -0.39 is 35.8 Å². The van der Waals surface area contributed by atoms with Crippen LogP contribution in [-0.2, 0) is 28.8 Å². The van der Waals surface area contributed by atoms with Crippen LogP contribution in [0.1, 0.15) is 0 Å². The molecule has 15 heteroatoms. The van der Waals surface area contributed by atoms with Gasteiger partial charge in [0, 0.05) is 81.7 Å². The maximum Gasteiger partial charge on any atom is 0.414 e. The van der Waals surface area contributed by atoms with Crippen molar-refractivity contribution in [1.29, 1.82) is 0 Å². The Morgan fingerprint density at radius 1 is 0.381 bits per heavy atom. The third kappa shape index (κ3) is 45.2. The summed E-state index contributed by atoms with van der Waals surface area (Å²) in [5.74, 6) is -10.9. The molecule has 0 aromatic rings. The van der Waals surface area contributed by atoms with E-state index in [4.69, 9.17) is 59.4 Å². The van der Waals surface area contributed by atoms with Gasteiger partial charge in [0.25, 0.3) is 0 Å². The maximum atomic E-state index is 9.10. The van der Waals surface area contributed by atoms with Gasteiger partial charge in [-0.25, -0.2) is 28.8 Å². The topological polar surface area (TPSA) is 255 Å². The first-order chi connectivity index (χ1) is 7.93. The second kappa shape index (κ2) is 21.8. The summed E-state index contributed by atoms with van der Waals surface area (Å²) in [7, 11) is 0. The Bertz CT molecular complexity index is 282. The van der Waals surface area contributed by atoms with Crippen LogP contribution in [0, 0.1) is 81.7 Å². The molecule has 0 spiro atoms. The molecule has 0 aliphatic rings. The zero-order valence-electron chi connectivity index (χ0n) is 9.63. The smallest absolute Gasteiger partial charge is 0.414 e. The van der Waals surface area contributed by atoms with Gasteiger partial charge >= 0.3 is 35.8 Å². The minimum absolute atomic E-state index is 0. The SMILES string of the molecule is O.O=C(O)C(=O)O.O=C(O)C(=O)O.O=C(O)C(=O)O.[Nd].[Nd]. The monoisotopic (exact) mass is 572 g/mol. The average Bonchev–Trinajstić information content (AvgIpc) is 2.18. The van der Waals surface area contributed by atoms with Crippen molar-refractivity contribution in [3.8, 4) is 0 Å². The predicted octanol–water partition coefficient (Wildman–Crippen LogP) is -3.36. The Labute approximate surface area is 180 Å². The standard InChI is InChI=1S/3C2H2O4.2Nd.H2O/c3*3-1(4)2(5)6;;;/h3*(H,3,4)(H,5,6);;;1H2. The van der Waals surface area contributed by atoms with Gasteiger partial charge in [-0.3, -0.25) is 0 Å². The Hall–Kier alpha value is -0.519. The number of aliphatic carboxylic acids is 6. The molecule has 0 saturated heterocycles. The number of carboxylic acid groups (broad SMARTS) is 6. The summed E-state index contributed by atoms with van der Waals surface area (Å²) in [5.41, 5.74) is 0. The van der Waals surface area contributed by atoms with Crippen LogP contribution in [0.5, 0.6) is 0 Å². The van der Waals surface area contributed by atoms with Crippen molar-refractivity contribution in [2.75, 3.05) is 0 Å². The summed E-state index contributed by atoms with van der Waals surface area (Å²) < 4.78 is 0. The van der Waals surface area contributed by atoms with E-state index in [0.29, 0.717) is 0 Å². The minimum atomic E-state index is -1.82. The molecule has 118 valence electrons. The molecular formula is C6H8Nd2O13. The zero-order valence-corrected chi connectivity index (χ0v) is 16.0. The molecule has 0 aliphatic carbocycles. The fourth-order valence-electron chi connectivity index (χ4n) is 0. The van der Waals surface area contributed by atoms with Crippen molar-refractivity contribution < 1.29 is 147 Å². The molecule has 0 heterocycles. The van der Waals surface area contributed by atoms with E-state index >= 15 is 0 Å². The largest absolute Gasteiger partial charge is 0.473 e. The third-order valence-corrected chi connectivity index (χ3v) is 0.549. The van der Waals surface area contributed by atoms with Crippen LogP contribution in [0.3, 0.4) is 0 Å². The summed E-state index contributed by atoms with van der Waals surface area (Å²) in [6.45, 7) is 0. The molecule has 0 fully saturated rings. The van der Waals surface area contributed by atoms with Gasteiger partial charge in [-0.05, 0) is 0 Å². The number of hydrogen-bond donors (Lipinski definition) is 6. The first kappa shape index (κ1) is 37.1. The first-order valence-electron chi connectivity index (χ1n) is 3.32. The Morgan fingerprint density at radius 2 is 0.429 bits per heavy atom. The van der Waals surface area contributed by atoms with Crippen LogP contribution in [-0.4, -0.2) is 71.9 Å². The van der Waals surface area contributed by atoms with Crippen molar-refractivity contribution in [2.24, 2.45) is 0 Å². The van der Waals surface area contributed by atoms with E-state index in [1.54, 1.807) is 0 Å². The number of carbonyl (C=O) groups is 6. The summed E-state index contributed by atoms with van der Waals surface area (Å²) in [4.78, 5) is 54.6. The molecule has 0 aromatic carbocycles. The molecule has 13 nitrogen and oxygen atoms in total. The molecule has 8 N–H and O–H groups in total. The van der Waals surface area contributed by atoms with E-state index in [1.165, 1.54) is 0 Å². The van der Waals surface area contributed by atoms with Crippen LogP contribution in [0.25, 0.3) is 0 Å². The first-order valence-corrected chi connectivity index (χ1v) is 3.32. The van der Waals surface area contributed by atoms with Gasteiger partial charge in [0.2, 0.25) is 0 Å². The van der Waals surface area contributed by atoms with Crippen LogP contribution < -0.4 is 0 Å². The second-order valence-electron chi connectivity index (χ2n) is 1.83. The van der Waals surface area contributed by atoms with Gasteiger partial charge < -0.3 is 36.1 Å². The van der Waals surface area contributed by atoms with E-state index in [2.05, 4.69) is 0 Å². The molecule has 0 rings (SSSR count). The van der Waals surface area contributed by atoms with Gasteiger partial charge in [0.15, 0.2) is 0 Å². The predicted molar refractivity (Wildman–Crippen MR) is 49.4 cm³/mol. The maximum absolute atomic E-state index is 9.10. The molecule has 0 radical (unpaired) electrons. The van der Waals surface area contributed by atoms with Crippen LogP contribution in [0.2, 0.25) is 0 Å². The molecule has 0 unspecified atom stereocenters. The van der Waals surface area contributed by atoms with Gasteiger partial charge in [-0.15, -0.1) is 0 Å². The van der Waals surface area contributed by atoms with Crippen molar-refractivity contribution in [3.63, 3.8) is 0 Å². The summed E-state index contributed by atoms with van der Waals surface area (Å²) in [5, 5.41) is 44.3. The quantitative estimate of drug-likeness (QED) is 0.155. The normalized spacial score (nSPS) is 6.29. The molecule has 0 bridgehead atoms. The van der Waals surface area contributed by atoms with Crippen LogP contribution in [0.4, 0.5) is 0 Å². The molecule has 0 amide bonds. The van der Waals surface area contributed by atoms with Crippen molar-refractivity contribution >= 4 is 35.8 Å². The fraction of sp³-hybridized carbons (Fsp3) is 0. The number of hydrogen-bond acceptors (Lipinski definition) is 6.